The molecule has 0 N–H and O–H groups in total. The zero-order valence-corrected chi connectivity index (χ0v) is 17.7. The summed E-state index contributed by atoms with van der Waals surface area (Å²) in [6.45, 7) is 7.99. The summed E-state index contributed by atoms with van der Waals surface area (Å²) < 4.78 is 0. The highest BCUT2D eigenvalue weighted by atomic mass is 35.5. The van der Waals surface area contributed by atoms with E-state index in [0.29, 0.717) is 17.0 Å². The molecule has 4 heterocycles. The number of likely N-dealkylation sites (tertiary alicyclic amines) is 1. The number of piperidine rings is 2. The van der Waals surface area contributed by atoms with Crippen LogP contribution in [0.15, 0.2) is 18.3 Å². The molecule has 0 aromatic carbocycles. The fourth-order valence-electron chi connectivity index (χ4n) is 4.91. The van der Waals surface area contributed by atoms with Gasteiger partial charge in [-0.3, -0.25) is 9.69 Å². The summed E-state index contributed by atoms with van der Waals surface area (Å²) in [6, 6.07) is 4.52. The Balaban J connectivity index is 1.24. The number of carbonyl (C=O) groups is 1. The van der Waals surface area contributed by atoms with E-state index in [1.165, 1.54) is 25.9 Å². The first kappa shape index (κ1) is 19.9. The standard InChI is InChI=1S/C21H32ClN5O/c1-24-8-2-3-19(16-24)25-11-13-27(14-12-25)21(28)17-6-9-26(10-7-17)20-5-4-18(22)15-23-20/h4-5,15,17,19H,2-3,6-14,16H2,1H3. The Morgan fingerprint density at radius 1 is 1.04 bits per heavy atom. The summed E-state index contributed by atoms with van der Waals surface area (Å²) in [6.07, 6.45) is 6.11. The van der Waals surface area contributed by atoms with Gasteiger partial charge in [-0.2, -0.15) is 0 Å². The minimum Gasteiger partial charge on any atom is -0.357 e. The molecule has 0 radical (unpaired) electrons. The second-order valence-electron chi connectivity index (χ2n) is 8.52. The lowest BCUT2D eigenvalue weighted by Gasteiger charge is -2.43. The van der Waals surface area contributed by atoms with E-state index in [-0.39, 0.29) is 5.92 Å². The number of pyridine rings is 1. The van der Waals surface area contributed by atoms with E-state index in [9.17, 15) is 4.79 Å². The molecule has 3 saturated heterocycles. The molecule has 1 amide bonds. The van der Waals surface area contributed by atoms with Gasteiger partial charge in [0.2, 0.25) is 5.91 Å². The number of aromatic nitrogens is 1. The fraction of sp³-hybridized carbons (Fsp3) is 0.714. The number of rotatable bonds is 3. The number of nitrogens with zero attached hydrogens (tertiary/aromatic N) is 5. The topological polar surface area (TPSA) is 42.9 Å². The zero-order valence-electron chi connectivity index (χ0n) is 16.9. The average molecular weight is 406 g/mol. The van der Waals surface area contributed by atoms with Crippen molar-refractivity contribution >= 4 is 23.3 Å². The van der Waals surface area contributed by atoms with Crippen molar-refractivity contribution in [1.82, 2.24) is 19.7 Å². The molecule has 3 aliphatic rings. The van der Waals surface area contributed by atoms with Gasteiger partial charge in [-0.1, -0.05) is 11.6 Å². The SMILES string of the molecule is CN1CCCC(N2CCN(C(=O)C3CCN(c4ccc(Cl)cn4)CC3)CC2)C1. The van der Waals surface area contributed by atoms with Crippen LogP contribution in [0.2, 0.25) is 5.02 Å². The van der Waals surface area contributed by atoms with Crippen molar-refractivity contribution in [3.05, 3.63) is 23.4 Å². The van der Waals surface area contributed by atoms with Crippen LogP contribution in [0.1, 0.15) is 25.7 Å². The summed E-state index contributed by atoms with van der Waals surface area (Å²) in [4.78, 5) is 26.9. The minimum atomic E-state index is 0.163. The zero-order chi connectivity index (χ0) is 19.5. The number of halogens is 1. The largest absolute Gasteiger partial charge is 0.357 e. The lowest BCUT2D eigenvalue weighted by atomic mass is 9.94. The molecule has 28 heavy (non-hydrogen) atoms. The molecule has 0 bridgehead atoms. The lowest BCUT2D eigenvalue weighted by Crippen LogP contribution is -2.56. The Morgan fingerprint density at radius 2 is 1.79 bits per heavy atom. The molecule has 0 saturated carbocycles. The number of likely N-dealkylation sites (N-methyl/N-ethyl adjacent to an activating group) is 1. The first-order valence-electron chi connectivity index (χ1n) is 10.7. The van der Waals surface area contributed by atoms with Gasteiger partial charge in [-0.05, 0) is 51.4 Å². The van der Waals surface area contributed by atoms with Crippen LogP contribution in [0.3, 0.4) is 0 Å². The summed E-state index contributed by atoms with van der Waals surface area (Å²) in [5.41, 5.74) is 0. The van der Waals surface area contributed by atoms with Gasteiger partial charge in [0.1, 0.15) is 5.82 Å². The maximum absolute atomic E-state index is 13.0. The van der Waals surface area contributed by atoms with Gasteiger partial charge < -0.3 is 14.7 Å². The number of amides is 1. The molecule has 1 unspecified atom stereocenters. The second-order valence-corrected chi connectivity index (χ2v) is 8.95. The van der Waals surface area contributed by atoms with Crippen LogP contribution in [-0.4, -0.2) is 91.0 Å². The van der Waals surface area contributed by atoms with Gasteiger partial charge in [-0.15, -0.1) is 0 Å². The highest BCUT2D eigenvalue weighted by Crippen LogP contribution is 2.25. The summed E-state index contributed by atoms with van der Waals surface area (Å²) >= 11 is 5.93. The predicted octanol–water partition coefficient (Wildman–Crippen LogP) is 2.19. The molecule has 7 heteroatoms. The third-order valence-corrected chi connectivity index (χ3v) is 6.85. The third kappa shape index (κ3) is 4.61. The van der Waals surface area contributed by atoms with Crippen LogP contribution < -0.4 is 4.90 Å². The van der Waals surface area contributed by atoms with Gasteiger partial charge >= 0.3 is 0 Å². The van der Waals surface area contributed by atoms with E-state index in [1.54, 1.807) is 6.20 Å². The number of anilines is 1. The maximum atomic E-state index is 13.0. The van der Waals surface area contributed by atoms with Crippen molar-refractivity contribution in [1.29, 1.82) is 0 Å². The lowest BCUT2D eigenvalue weighted by molar-refractivity contribution is -0.138. The molecule has 0 aliphatic carbocycles. The van der Waals surface area contributed by atoms with Gasteiger partial charge in [0.05, 0.1) is 5.02 Å². The molecular formula is C21H32ClN5O. The van der Waals surface area contributed by atoms with Crippen LogP contribution >= 0.6 is 11.6 Å². The summed E-state index contributed by atoms with van der Waals surface area (Å²) in [7, 11) is 2.22. The predicted molar refractivity (Wildman–Crippen MR) is 113 cm³/mol. The van der Waals surface area contributed by atoms with Crippen LogP contribution in [0.4, 0.5) is 5.82 Å². The molecule has 154 valence electrons. The Kier molecular flexibility index (Phi) is 6.38. The maximum Gasteiger partial charge on any atom is 0.225 e. The molecule has 6 nitrogen and oxygen atoms in total. The summed E-state index contributed by atoms with van der Waals surface area (Å²) in [5.74, 6) is 1.49. The normalized spacial score (nSPS) is 25.9. The minimum absolute atomic E-state index is 0.163. The van der Waals surface area contributed by atoms with Crippen molar-refractivity contribution in [2.24, 2.45) is 5.92 Å². The molecule has 3 aliphatic heterocycles. The Morgan fingerprint density at radius 3 is 2.43 bits per heavy atom. The van der Waals surface area contributed by atoms with Crippen molar-refractivity contribution in [2.45, 2.75) is 31.7 Å². The first-order valence-corrected chi connectivity index (χ1v) is 11.1. The van der Waals surface area contributed by atoms with Crippen LogP contribution in [0, 0.1) is 5.92 Å². The Labute approximate surface area is 173 Å². The van der Waals surface area contributed by atoms with Crippen molar-refractivity contribution in [3.63, 3.8) is 0 Å². The quantitative estimate of drug-likeness (QED) is 0.771. The first-order chi connectivity index (χ1) is 13.6. The van der Waals surface area contributed by atoms with Gasteiger partial charge in [0, 0.05) is 64.0 Å². The number of hydrogen-bond acceptors (Lipinski definition) is 5. The monoisotopic (exact) mass is 405 g/mol. The highest BCUT2D eigenvalue weighted by Gasteiger charge is 2.32. The van der Waals surface area contributed by atoms with E-state index in [2.05, 4.69) is 31.6 Å². The van der Waals surface area contributed by atoms with Crippen LogP contribution in [-0.2, 0) is 4.79 Å². The van der Waals surface area contributed by atoms with Crippen molar-refractivity contribution in [2.75, 3.05) is 64.3 Å². The number of carbonyl (C=O) groups excluding carboxylic acids is 1. The molecule has 0 spiro atoms. The van der Waals surface area contributed by atoms with Crippen LogP contribution in [0.5, 0.6) is 0 Å². The molecule has 3 fully saturated rings. The smallest absolute Gasteiger partial charge is 0.225 e. The summed E-state index contributed by atoms with van der Waals surface area (Å²) in [5, 5.41) is 0.660. The number of piperazine rings is 1. The second kappa shape index (κ2) is 8.97. The third-order valence-electron chi connectivity index (χ3n) is 6.62. The number of hydrogen-bond donors (Lipinski definition) is 0. The van der Waals surface area contributed by atoms with E-state index < -0.39 is 0 Å². The Hall–Kier alpha value is -1.37. The van der Waals surface area contributed by atoms with E-state index in [1.807, 2.05) is 12.1 Å². The van der Waals surface area contributed by atoms with Gasteiger partial charge in [0.25, 0.3) is 0 Å². The molecule has 1 atom stereocenters. The van der Waals surface area contributed by atoms with E-state index >= 15 is 0 Å². The average Bonchev–Trinajstić information content (AvgIpc) is 2.74. The van der Waals surface area contributed by atoms with Crippen LogP contribution in [0.25, 0.3) is 0 Å². The van der Waals surface area contributed by atoms with E-state index in [4.69, 9.17) is 11.6 Å². The van der Waals surface area contributed by atoms with Gasteiger partial charge in [0.15, 0.2) is 0 Å². The Bertz CT molecular complexity index is 653. The molecule has 1 aromatic heterocycles. The highest BCUT2D eigenvalue weighted by molar-refractivity contribution is 6.30. The fourth-order valence-corrected chi connectivity index (χ4v) is 5.03. The van der Waals surface area contributed by atoms with Crippen molar-refractivity contribution < 1.29 is 4.79 Å². The molecule has 1 aromatic rings. The van der Waals surface area contributed by atoms with Crippen molar-refractivity contribution in [3.8, 4) is 0 Å². The molecular weight excluding hydrogens is 374 g/mol. The molecule has 4 rings (SSSR count). The van der Waals surface area contributed by atoms with Gasteiger partial charge in [-0.25, -0.2) is 4.98 Å². The van der Waals surface area contributed by atoms with E-state index in [0.717, 1.165) is 57.9 Å².